The van der Waals surface area contributed by atoms with E-state index >= 15 is 0 Å². The van der Waals surface area contributed by atoms with Crippen LogP contribution in [0.25, 0.3) is 0 Å². The van der Waals surface area contributed by atoms with Crippen molar-refractivity contribution in [3.63, 3.8) is 0 Å². The summed E-state index contributed by atoms with van der Waals surface area (Å²) >= 11 is 0. The average Bonchev–Trinajstić information content (AvgIpc) is 2.14. The van der Waals surface area contributed by atoms with Gasteiger partial charge in [0.05, 0.1) is 11.1 Å². The van der Waals surface area contributed by atoms with Crippen LogP contribution in [0.3, 0.4) is 0 Å². The number of nitrogens with two attached hydrogens (primary N) is 1. The monoisotopic (exact) mass is 231 g/mol. The molecule has 0 bridgehead atoms. The summed E-state index contributed by atoms with van der Waals surface area (Å²) in [5.41, 5.74) is 2.99. The number of carbonyl (C=O) groups is 2. The number of benzene rings is 1. The molecule has 0 unspecified atom stereocenters. The van der Waals surface area contributed by atoms with Crippen LogP contribution in [0.1, 0.15) is 31.8 Å². The molecule has 0 aliphatic rings. The van der Waals surface area contributed by atoms with Crippen molar-refractivity contribution in [1.82, 2.24) is 0 Å². The van der Waals surface area contributed by atoms with Gasteiger partial charge in [-0.15, -0.1) is 0 Å². The predicted molar refractivity (Wildman–Crippen MR) is 50.1 cm³/mol. The molecule has 0 aliphatic carbocycles. The topological polar surface area (TPSA) is 60.2 Å². The molecule has 0 heterocycles. The first-order valence-corrected chi connectivity index (χ1v) is 4.24. The molecule has 0 fully saturated rings. The van der Waals surface area contributed by atoms with E-state index in [2.05, 4.69) is 0 Å². The first kappa shape index (κ1) is 12.2. The van der Waals surface area contributed by atoms with E-state index in [-0.39, 0.29) is 17.4 Å². The summed E-state index contributed by atoms with van der Waals surface area (Å²) in [6.07, 6.45) is -4.43. The zero-order valence-electron chi connectivity index (χ0n) is 8.26. The minimum Gasteiger partial charge on any atom is -0.366 e. The molecule has 6 heteroatoms. The van der Waals surface area contributed by atoms with E-state index in [1.54, 1.807) is 0 Å². The molecule has 1 amide bonds. The molecule has 3 nitrogen and oxygen atoms in total. The minimum atomic E-state index is -4.71. The van der Waals surface area contributed by atoms with Crippen LogP contribution in [0.2, 0.25) is 0 Å². The number of aldehydes is 1. The Hall–Kier alpha value is -1.85. The Kier molecular flexibility index (Phi) is 3.02. The van der Waals surface area contributed by atoms with Gasteiger partial charge in [-0.3, -0.25) is 9.59 Å². The molecule has 0 saturated heterocycles. The van der Waals surface area contributed by atoms with Crippen molar-refractivity contribution in [2.45, 2.75) is 13.1 Å². The SMILES string of the molecule is Cc1cc(C=O)cc(C(F)(F)F)c1C(N)=O. The van der Waals surface area contributed by atoms with Crippen LogP contribution in [0.15, 0.2) is 12.1 Å². The van der Waals surface area contributed by atoms with Crippen molar-refractivity contribution >= 4 is 12.2 Å². The Balaban J connectivity index is 3.59. The van der Waals surface area contributed by atoms with E-state index in [0.29, 0.717) is 6.07 Å². The molecule has 0 saturated carbocycles. The Morgan fingerprint density at radius 1 is 1.38 bits per heavy atom. The molecule has 0 aromatic heterocycles. The zero-order valence-corrected chi connectivity index (χ0v) is 8.26. The molecule has 16 heavy (non-hydrogen) atoms. The van der Waals surface area contributed by atoms with E-state index in [4.69, 9.17) is 5.73 Å². The van der Waals surface area contributed by atoms with Crippen LogP contribution in [0.5, 0.6) is 0 Å². The summed E-state index contributed by atoms with van der Waals surface area (Å²) in [5.74, 6) is -1.16. The van der Waals surface area contributed by atoms with Gasteiger partial charge in [-0.05, 0) is 24.6 Å². The van der Waals surface area contributed by atoms with Gasteiger partial charge in [0.15, 0.2) is 0 Å². The van der Waals surface area contributed by atoms with Crippen LogP contribution >= 0.6 is 0 Å². The Morgan fingerprint density at radius 2 is 1.94 bits per heavy atom. The number of carbonyl (C=O) groups excluding carboxylic acids is 2. The van der Waals surface area contributed by atoms with E-state index in [9.17, 15) is 22.8 Å². The highest BCUT2D eigenvalue weighted by Gasteiger charge is 2.35. The second-order valence-electron chi connectivity index (χ2n) is 3.24. The lowest BCUT2D eigenvalue weighted by Crippen LogP contribution is -2.20. The number of rotatable bonds is 2. The predicted octanol–water partition coefficient (Wildman–Crippen LogP) is 1.93. The van der Waals surface area contributed by atoms with Gasteiger partial charge in [-0.2, -0.15) is 13.2 Å². The molecule has 0 spiro atoms. The molecule has 0 atom stereocenters. The van der Waals surface area contributed by atoms with Crippen molar-refractivity contribution in [3.8, 4) is 0 Å². The number of halogens is 3. The van der Waals surface area contributed by atoms with Gasteiger partial charge in [0.25, 0.3) is 0 Å². The highest BCUT2D eigenvalue weighted by Crippen LogP contribution is 2.33. The van der Waals surface area contributed by atoms with E-state index in [1.807, 2.05) is 0 Å². The fourth-order valence-corrected chi connectivity index (χ4v) is 1.43. The van der Waals surface area contributed by atoms with Crippen LogP contribution in [0, 0.1) is 6.92 Å². The number of primary amides is 1. The van der Waals surface area contributed by atoms with Gasteiger partial charge in [-0.1, -0.05) is 0 Å². The second kappa shape index (κ2) is 3.96. The lowest BCUT2D eigenvalue weighted by atomic mass is 9.98. The summed E-state index contributed by atoms with van der Waals surface area (Å²) in [4.78, 5) is 21.4. The zero-order chi connectivity index (χ0) is 12.5. The van der Waals surface area contributed by atoms with E-state index in [1.165, 1.54) is 13.0 Å². The summed E-state index contributed by atoms with van der Waals surface area (Å²) in [7, 11) is 0. The van der Waals surface area contributed by atoms with E-state index in [0.717, 1.165) is 0 Å². The molecule has 1 rings (SSSR count). The normalized spacial score (nSPS) is 11.2. The molecule has 1 aromatic carbocycles. The third-order valence-corrected chi connectivity index (χ3v) is 2.05. The molecule has 2 N–H and O–H groups in total. The van der Waals surface area contributed by atoms with Crippen LogP contribution < -0.4 is 5.73 Å². The van der Waals surface area contributed by atoms with Gasteiger partial charge in [0.2, 0.25) is 5.91 Å². The highest BCUT2D eigenvalue weighted by molar-refractivity contribution is 5.97. The molecule has 86 valence electrons. The van der Waals surface area contributed by atoms with E-state index < -0.39 is 23.2 Å². The molecule has 0 radical (unpaired) electrons. The maximum atomic E-state index is 12.6. The summed E-state index contributed by atoms with van der Waals surface area (Å²) < 4.78 is 37.7. The summed E-state index contributed by atoms with van der Waals surface area (Å²) in [6, 6.07) is 1.79. The van der Waals surface area contributed by atoms with Gasteiger partial charge in [0, 0.05) is 5.56 Å². The largest absolute Gasteiger partial charge is 0.417 e. The number of hydrogen-bond acceptors (Lipinski definition) is 2. The lowest BCUT2D eigenvalue weighted by molar-refractivity contribution is -0.138. The first-order valence-electron chi connectivity index (χ1n) is 4.24. The standard InChI is InChI=1S/C10H8F3NO2/c1-5-2-6(4-15)3-7(10(11,12)13)8(5)9(14)16/h2-4H,1H3,(H2,14,16). The lowest BCUT2D eigenvalue weighted by Gasteiger charge is -2.13. The van der Waals surface area contributed by atoms with Crippen molar-refractivity contribution in [2.75, 3.05) is 0 Å². The molecular formula is C10H8F3NO2. The summed E-state index contributed by atoms with van der Waals surface area (Å²) in [5, 5.41) is 0. The number of hydrogen-bond donors (Lipinski definition) is 1. The smallest absolute Gasteiger partial charge is 0.366 e. The third kappa shape index (κ3) is 2.21. The summed E-state index contributed by atoms with van der Waals surface area (Å²) in [6.45, 7) is 1.29. The van der Waals surface area contributed by atoms with Crippen LogP contribution in [0.4, 0.5) is 13.2 Å². The van der Waals surface area contributed by atoms with Crippen LogP contribution in [-0.2, 0) is 6.18 Å². The fourth-order valence-electron chi connectivity index (χ4n) is 1.43. The quantitative estimate of drug-likeness (QED) is 0.790. The number of alkyl halides is 3. The maximum absolute atomic E-state index is 12.6. The number of amides is 1. The Bertz CT molecular complexity index is 452. The van der Waals surface area contributed by atoms with Gasteiger partial charge in [0.1, 0.15) is 6.29 Å². The first-order chi connectivity index (χ1) is 7.27. The average molecular weight is 231 g/mol. The molecule has 1 aromatic rings. The second-order valence-corrected chi connectivity index (χ2v) is 3.24. The van der Waals surface area contributed by atoms with Crippen molar-refractivity contribution < 1.29 is 22.8 Å². The van der Waals surface area contributed by atoms with Gasteiger partial charge in [-0.25, -0.2) is 0 Å². The maximum Gasteiger partial charge on any atom is 0.417 e. The highest BCUT2D eigenvalue weighted by atomic mass is 19.4. The molecule has 0 aliphatic heterocycles. The Morgan fingerprint density at radius 3 is 2.31 bits per heavy atom. The number of aryl methyl sites for hydroxylation is 1. The van der Waals surface area contributed by atoms with Crippen molar-refractivity contribution in [1.29, 1.82) is 0 Å². The van der Waals surface area contributed by atoms with Gasteiger partial charge >= 0.3 is 6.18 Å². The van der Waals surface area contributed by atoms with Crippen molar-refractivity contribution in [3.05, 3.63) is 34.4 Å². The van der Waals surface area contributed by atoms with Crippen LogP contribution in [-0.4, -0.2) is 12.2 Å². The molecular weight excluding hydrogens is 223 g/mol. The Labute approximate surface area is 89.1 Å². The van der Waals surface area contributed by atoms with Gasteiger partial charge < -0.3 is 5.73 Å². The third-order valence-electron chi connectivity index (χ3n) is 2.05. The fraction of sp³-hybridized carbons (Fsp3) is 0.200. The van der Waals surface area contributed by atoms with Crippen molar-refractivity contribution in [2.24, 2.45) is 5.73 Å². The minimum absolute atomic E-state index is 0.0319.